The molecule has 1 unspecified atom stereocenters. The van der Waals surface area contributed by atoms with Crippen LogP contribution in [0.4, 0.5) is 4.39 Å². The number of hydrogen-bond donors (Lipinski definition) is 1. The lowest BCUT2D eigenvalue weighted by Crippen LogP contribution is -2.31. The van der Waals surface area contributed by atoms with E-state index in [1.165, 1.54) is 18.2 Å². The Labute approximate surface area is 126 Å². The Morgan fingerprint density at radius 3 is 2.81 bits per heavy atom. The van der Waals surface area contributed by atoms with E-state index in [1.54, 1.807) is 6.07 Å². The molecule has 1 aromatic carbocycles. The van der Waals surface area contributed by atoms with Gasteiger partial charge in [0.1, 0.15) is 23.1 Å². The second kappa shape index (κ2) is 6.63. The van der Waals surface area contributed by atoms with Crippen molar-refractivity contribution in [3.8, 4) is 5.75 Å². The zero-order chi connectivity index (χ0) is 15.4. The fourth-order valence-electron chi connectivity index (χ4n) is 1.76. The highest BCUT2D eigenvalue weighted by Crippen LogP contribution is 2.21. The van der Waals surface area contributed by atoms with Crippen molar-refractivity contribution >= 4 is 17.5 Å². The zero-order valence-corrected chi connectivity index (χ0v) is 12.4. The summed E-state index contributed by atoms with van der Waals surface area (Å²) in [7, 11) is 0. The second-order valence-corrected chi connectivity index (χ2v) is 5.01. The van der Waals surface area contributed by atoms with E-state index < -0.39 is 5.82 Å². The van der Waals surface area contributed by atoms with Gasteiger partial charge in [-0.3, -0.25) is 4.79 Å². The Balaban J connectivity index is 1.85. The maximum Gasteiger partial charge on any atom is 0.258 e. The van der Waals surface area contributed by atoms with Gasteiger partial charge in [0.25, 0.3) is 5.91 Å². The summed E-state index contributed by atoms with van der Waals surface area (Å²) < 4.78 is 23.7. The molecule has 112 valence electrons. The van der Waals surface area contributed by atoms with Crippen LogP contribution in [0, 0.1) is 12.7 Å². The van der Waals surface area contributed by atoms with E-state index in [1.807, 2.05) is 19.9 Å². The highest BCUT2D eigenvalue weighted by molar-refractivity contribution is 6.30. The maximum atomic E-state index is 13.0. The summed E-state index contributed by atoms with van der Waals surface area (Å²) in [6.07, 6.45) is 0. The monoisotopic (exact) mass is 311 g/mol. The Bertz CT molecular complexity index is 642. The first kappa shape index (κ1) is 15.4. The van der Waals surface area contributed by atoms with Gasteiger partial charge in [0.15, 0.2) is 6.61 Å². The summed E-state index contributed by atoms with van der Waals surface area (Å²) >= 11 is 5.63. The molecule has 1 atom stereocenters. The fraction of sp³-hybridized carbons (Fsp3) is 0.267. The lowest BCUT2D eigenvalue weighted by molar-refractivity contribution is -0.123. The molecule has 1 aromatic heterocycles. The third kappa shape index (κ3) is 4.23. The van der Waals surface area contributed by atoms with Crippen LogP contribution in [0.3, 0.4) is 0 Å². The molecule has 4 nitrogen and oxygen atoms in total. The number of carbonyl (C=O) groups excluding carboxylic acids is 1. The first-order chi connectivity index (χ1) is 9.95. The van der Waals surface area contributed by atoms with E-state index in [9.17, 15) is 9.18 Å². The van der Waals surface area contributed by atoms with Gasteiger partial charge in [0.2, 0.25) is 0 Å². The third-order valence-electron chi connectivity index (χ3n) is 2.83. The number of aryl methyl sites for hydroxylation is 1. The topological polar surface area (TPSA) is 51.5 Å². The van der Waals surface area contributed by atoms with E-state index in [-0.39, 0.29) is 23.6 Å². The molecule has 0 aliphatic heterocycles. The molecule has 21 heavy (non-hydrogen) atoms. The number of halogens is 2. The van der Waals surface area contributed by atoms with E-state index in [0.717, 1.165) is 5.76 Å². The van der Waals surface area contributed by atoms with Crippen molar-refractivity contribution in [3.05, 3.63) is 52.7 Å². The Kier molecular flexibility index (Phi) is 4.85. The first-order valence-electron chi connectivity index (χ1n) is 6.39. The number of rotatable bonds is 5. The quantitative estimate of drug-likeness (QED) is 0.917. The van der Waals surface area contributed by atoms with Crippen LogP contribution in [0.2, 0.25) is 5.02 Å². The summed E-state index contributed by atoms with van der Waals surface area (Å²) in [5.74, 6) is 0.944. The van der Waals surface area contributed by atoms with Crippen molar-refractivity contribution in [2.75, 3.05) is 6.61 Å². The fourth-order valence-corrected chi connectivity index (χ4v) is 1.93. The molecule has 0 aliphatic carbocycles. The van der Waals surface area contributed by atoms with E-state index >= 15 is 0 Å². The van der Waals surface area contributed by atoms with Crippen LogP contribution in [0.15, 0.2) is 34.7 Å². The minimum Gasteiger partial charge on any atom is -0.484 e. The Morgan fingerprint density at radius 2 is 2.19 bits per heavy atom. The predicted octanol–water partition coefficient (Wildman–Crippen LogP) is 3.64. The molecule has 1 amide bonds. The second-order valence-electron chi connectivity index (χ2n) is 4.60. The summed E-state index contributed by atoms with van der Waals surface area (Å²) in [4.78, 5) is 11.8. The lowest BCUT2D eigenvalue weighted by atomic mass is 10.2. The van der Waals surface area contributed by atoms with Crippen molar-refractivity contribution in [1.29, 1.82) is 0 Å². The van der Waals surface area contributed by atoms with Crippen molar-refractivity contribution in [1.82, 2.24) is 5.32 Å². The molecule has 0 radical (unpaired) electrons. The normalized spacial score (nSPS) is 12.0. The largest absolute Gasteiger partial charge is 0.484 e. The third-order valence-corrected chi connectivity index (χ3v) is 3.12. The zero-order valence-electron chi connectivity index (χ0n) is 11.7. The van der Waals surface area contributed by atoms with E-state index in [0.29, 0.717) is 11.5 Å². The van der Waals surface area contributed by atoms with Crippen LogP contribution >= 0.6 is 11.6 Å². The molecule has 6 heteroatoms. The summed E-state index contributed by atoms with van der Waals surface area (Å²) in [6.45, 7) is 3.45. The van der Waals surface area contributed by atoms with Gasteiger partial charge in [-0.15, -0.1) is 0 Å². The Hall–Kier alpha value is -2.01. The minimum atomic E-state index is -0.532. The number of ether oxygens (including phenoxy) is 1. The van der Waals surface area contributed by atoms with Crippen LogP contribution in [0.1, 0.15) is 24.5 Å². The number of amides is 1. The van der Waals surface area contributed by atoms with Crippen LogP contribution in [-0.4, -0.2) is 12.5 Å². The minimum absolute atomic E-state index is 0.0488. The maximum absolute atomic E-state index is 13.0. The molecule has 0 saturated carbocycles. The predicted molar refractivity (Wildman–Crippen MR) is 76.9 cm³/mol. The average molecular weight is 312 g/mol. The van der Waals surface area contributed by atoms with Crippen molar-refractivity contribution < 1.29 is 18.3 Å². The Morgan fingerprint density at radius 1 is 1.43 bits per heavy atom. The van der Waals surface area contributed by atoms with Gasteiger partial charge < -0.3 is 14.5 Å². The van der Waals surface area contributed by atoms with Gasteiger partial charge >= 0.3 is 0 Å². The van der Waals surface area contributed by atoms with Crippen LogP contribution in [0.5, 0.6) is 5.75 Å². The summed E-state index contributed by atoms with van der Waals surface area (Å²) in [5.41, 5.74) is 0. The van der Waals surface area contributed by atoms with Crippen LogP contribution in [-0.2, 0) is 4.79 Å². The number of benzene rings is 1. The smallest absolute Gasteiger partial charge is 0.258 e. The number of furan rings is 1. The molecule has 0 fully saturated rings. The molecule has 0 bridgehead atoms. The highest BCUT2D eigenvalue weighted by Gasteiger charge is 2.13. The SMILES string of the molecule is Cc1ccc(C(C)NC(=O)COc2ccc(F)c(Cl)c2)o1. The van der Waals surface area contributed by atoms with Crippen molar-refractivity contribution in [2.24, 2.45) is 0 Å². The van der Waals surface area contributed by atoms with Gasteiger partial charge in [0.05, 0.1) is 11.1 Å². The molecular formula is C15H15ClFNO3. The summed E-state index contributed by atoms with van der Waals surface area (Å²) in [6, 6.07) is 7.29. The van der Waals surface area contributed by atoms with Crippen molar-refractivity contribution in [3.63, 3.8) is 0 Å². The molecule has 0 spiro atoms. The number of hydrogen-bond acceptors (Lipinski definition) is 3. The van der Waals surface area contributed by atoms with Gasteiger partial charge in [-0.2, -0.15) is 0 Å². The number of nitrogens with one attached hydrogen (secondary N) is 1. The van der Waals surface area contributed by atoms with Gasteiger partial charge in [-0.1, -0.05) is 11.6 Å². The average Bonchev–Trinajstić information content (AvgIpc) is 2.87. The molecule has 2 aromatic rings. The molecule has 1 heterocycles. The molecular weight excluding hydrogens is 297 g/mol. The summed E-state index contributed by atoms with van der Waals surface area (Å²) in [5, 5.41) is 2.69. The van der Waals surface area contributed by atoms with Gasteiger partial charge in [0, 0.05) is 6.07 Å². The lowest BCUT2D eigenvalue weighted by Gasteiger charge is -2.12. The first-order valence-corrected chi connectivity index (χ1v) is 6.77. The van der Waals surface area contributed by atoms with Gasteiger partial charge in [-0.05, 0) is 38.1 Å². The highest BCUT2D eigenvalue weighted by atomic mass is 35.5. The molecule has 2 rings (SSSR count). The van der Waals surface area contributed by atoms with E-state index in [4.69, 9.17) is 20.8 Å². The number of carbonyl (C=O) groups is 1. The van der Waals surface area contributed by atoms with Crippen molar-refractivity contribution in [2.45, 2.75) is 19.9 Å². The molecule has 0 aliphatic rings. The standard InChI is InChI=1S/C15H15ClFNO3/c1-9-3-6-14(21-9)10(2)18-15(19)8-20-11-4-5-13(17)12(16)7-11/h3-7,10H,8H2,1-2H3,(H,18,19). The van der Waals surface area contributed by atoms with Crippen LogP contribution in [0.25, 0.3) is 0 Å². The van der Waals surface area contributed by atoms with E-state index in [2.05, 4.69) is 5.32 Å². The molecule has 1 N–H and O–H groups in total. The van der Waals surface area contributed by atoms with Gasteiger partial charge in [-0.25, -0.2) is 4.39 Å². The van der Waals surface area contributed by atoms with Crippen LogP contribution < -0.4 is 10.1 Å². The molecule has 0 saturated heterocycles.